The number of carbonyl (C=O) groups excluding carboxylic acids is 2. The average molecular weight is 313 g/mol. The highest BCUT2D eigenvalue weighted by molar-refractivity contribution is 6.65. The Morgan fingerprint density at radius 3 is 2.43 bits per heavy atom. The van der Waals surface area contributed by atoms with E-state index in [0.29, 0.717) is 17.9 Å². The molecule has 0 spiro atoms. The maximum atomic E-state index is 11.5. The summed E-state index contributed by atoms with van der Waals surface area (Å²) in [5.74, 6) is -0.441. The quantitative estimate of drug-likeness (QED) is 0.390. The number of benzene rings is 1. The number of anilines is 1. The normalized spacial score (nSPS) is 11.2. The fraction of sp³-hybridized carbons (Fsp3) is 0.357. The van der Waals surface area contributed by atoms with Crippen molar-refractivity contribution in [2.24, 2.45) is 11.1 Å². The van der Waals surface area contributed by atoms with Gasteiger partial charge in [0.05, 0.1) is 12.2 Å². The van der Waals surface area contributed by atoms with E-state index in [0.717, 1.165) is 0 Å². The molecule has 0 fully saturated rings. The van der Waals surface area contributed by atoms with E-state index in [2.05, 4.69) is 15.3 Å². The van der Waals surface area contributed by atoms with Crippen molar-refractivity contribution in [2.75, 3.05) is 11.9 Å². The monoisotopic (exact) mass is 312 g/mol. The standard InChI is InChI=1S/C14H17ClN2O4/c1-4-20-13(18)10-5-7-11(8-6-10)16-14(19)21-17-12(15)9(2)3/h5-9H,4H2,1-3H3,(H,16,19)/b17-12-. The maximum absolute atomic E-state index is 11.5. The lowest BCUT2D eigenvalue weighted by atomic mass is 10.2. The fourth-order valence-electron chi connectivity index (χ4n) is 1.24. The lowest BCUT2D eigenvalue weighted by Gasteiger charge is -2.05. The van der Waals surface area contributed by atoms with E-state index >= 15 is 0 Å². The topological polar surface area (TPSA) is 77.0 Å². The minimum Gasteiger partial charge on any atom is -0.462 e. The number of hydrogen-bond acceptors (Lipinski definition) is 5. The van der Waals surface area contributed by atoms with Gasteiger partial charge in [-0.2, -0.15) is 0 Å². The van der Waals surface area contributed by atoms with Gasteiger partial charge in [-0.1, -0.05) is 30.6 Å². The second-order valence-corrected chi connectivity index (χ2v) is 4.76. The molecule has 0 bridgehead atoms. The molecule has 0 saturated heterocycles. The molecule has 7 heteroatoms. The van der Waals surface area contributed by atoms with E-state index < -0.39 is 12.1 Å². The Labute approximate surface area is 128 Å². The van der Waals surface area contributed by atoms with Crippen LogP contribution in [0.4, 0.5) is 10.5 Å². The summed E-state index contributed by atoms with van der Waals surface area (Å²) in [6.07, 6.45) is -0.766. The second kappa shape index (κ2) is 8.26. The van der Waals surface area contributed by atoms with Gasteiger partial charge in [-0.25, -0.2) is 9.59 Å². The Kier molecular flexibility index (Phi) is 6.68. The highest BCUT2D eigenvalue weighted by Crippen LogP contribution is 2.11. The molecule has 0 radical (unpaired) electrons. The van der Waals surface area contributed by atoms with Crippen LogP contribution in [0, 0.1) is 5.92 Å². The zero-order valence-corrected chi connectivity index (χ0v) is 12.8. The third-order valence-electron chi connectivity index (χ3n) is 2.33. The SMILES string of the molecule is CCOC(=O)c1ccc(NC(=O)O/N=C(\Cl)C(C)C)cc1. The van der Waals surface area contributed by atoms with Crippen LogP contribution in [0.2, 0.25) is 0 Å². The first kappa shape index (κ1) is 17.0. The summed E-state index contributed by atoms with van der Waals surface area (Å²) in [5, 5.41) is 6.14. The molecular weight excluding hydrogens is 296 g/mol. The van der Waals surface area contributed by atoms with Gasteiger partial charge in [-0.15, -0.1) is 0 Å². The van der Waals surface area contributed by atoms with Crippen LogP contribution in [0.3, 0.4) is 0 Å². The van der Waals surface area contributed by atoms with E-state index in [1.54, 1.807) is 19.1 Å². The van der Waals surface area contributed by atoms with E-state index in [-0.39, 0.29) is 11.1 Å². The van der Waals surface area contributed by atoms with E-state index in [1.165, 1.54) is 12.1 Å². The molecule has 0 saturated carbocycles. The zero-order valence-electron chi connectivity index (χ0n) is 12.1. The minimum absolute atomic E-state index is 0.0247. The van der Waals surface area contributed by atoms with Gasteiger partial charge in [0, 0.05) is 11.6 Å². The molecule has 0 aliphatic rings. The minimum atomic E-state index is -0.766. The summed E-state index contributed by atoms with van der Waals surface area (Å²) in [5.41, 5.74) is 0.862. The van der Waals surface area contributed by atoms with Crippen molar-refractivity contribution in [2.45, 2.75) is 20.8 Å². The Bertz CT molecular complexity index is 526. The van der Waals surface area contributed by atoms with Gasteiger partial charge in [-0.3, -0.25) is 10.2 Å². The first-order valence-corrected chi connectivity index (χ1v) is 6.80. The third kappa shape index (κ3) is 5.83. The number of oxime groups is 1. The van der Waals surface area contributed by atoms with Crippen LogP contribution in [-0.4, -0.2) is 23.8 Å². The number of nitrogens with one attached hydrogen (secondary N) is 1. The predicted molar refractivity (Wildman–Crippen MR) is 80.6 cm³/mol. The van der Waals surface area contributed by atoms with Crippen molar-refractivity contribution in [3.05, 3.63) is 29.8 Å². The Balaban J connectivity index is 2.58. The second-order valence-electron chi connectivity index (χ2n) is 4.37. The summed E-state index contributed by atoms with van der Waals surface area (Å²) in [7, 11) is 0. The van der Waals surface area contributed by atoms with Gasteiger partial charge < -0.3 is 4.74 Å². The third-order valence-corrected chi connectivity index (χ3v) is 2.84. The zero-order chi connectivity index (χ0) is 15.8. The van der Waals surface area contributed by atoms with Crippen molar-refractivity contribution in [3.63, 3.8) is 0 Å². The molecule has 1 rings (SSSR count). The van der Waals surface area contributed by atoms with Crippen LogP contribution < -0.4 is 5.32 Å². The first-order chi connectivity index (χ1) is 9.93. The number of halogens is 1. The Morgan fingerprint density at radius 2 is 1.90 bits per heavy atom. The number of nitrogens with zero attached hydrogens (tertiary/aromatic N) is 1. The lowest BCUT2D eigenvalue weighted by molar-refractivity contribution is 0.0526. The van der Waals surface area contributed by atoms with Gasteiger partial charge in [-0.05, 0) is 31.2 Å². The molecular formula is C14H17ClN2O4. The summed E-state index contributed by atoms with van der Waals surface area (Å²) in [6, 6.07) is 6.19. The molecule has 6 nitrogen and oxygen atoms in total. The number of hydrogen-bond donors (Lipinski definition) is 1. The predicted octanol–water partition coefficient (Wildman–Crippen LogP) is 3.62. The number of rotatable bonds is 5. The number of ether oxygens (including phenoxy) is 1. The Hall–Kier alpha value is -2.08. The summed E-state index contributed by atoms with van der Waals surface area (Å²) in [6.45, 7) is 5.68. The van der Waals surface area contributed by atoms with Crippen molar-refractivity contribution < 1.29 is 19.2 Å². The van der Waals surface area contributed by atoms with Crippen LogP contribution >= 0.6 is 11.6 Å². The molecule has 0 aliphatic heterocycles. The van der Waals surface area contributed by atoms with Gasteiger partial charge in [0.25, 0.3) is 0 Å². The number of esters is 1. The first-order valence-electron chi connectivity index (χ1n) is 6.42. The van der Waals surface area contributed by atoms with Crippen LogP contribution in [0.15, 0.2) is 29.4 Å². The van der Waals surface area contributed by atoms with Gasteiger partial charge in [0.2, 0.25) is 0 Å². The van der Waals surface area contributed by atoms with Gasteiger partial charge >= 0.3 is 12.1 Å². The highest BCUT2D eigenvalue weighted by atomic mass is 35.5. The van der Waals surface area contributed by atoms with Crippen LogP contribution in [0.25, 0.3) is 0 Å². The van der Waals surface area contributed by atoms with E-state index in [4.69, 9.17) is 16.3 Å². The van der Waals surface area contributed by atoms with E-state index in [1.807, 2.05) is 13.8 Å². The van der Waals surface area contributed by atoms with Crippen LogP contribution in [0.1, 0.15) is 31.1 Å². The lowest BCUT2D eigenvalue weighted by Crippen LogP contribution is -2.12. The molecule has 0 heterocycles. The highest BCUT2D eigenvalue weighted by Gasteiger charge is 2.08. The molecule has 114 valence electrons. The van der Waals surface area contributed by atoms with Crippen molar-refractivity contribution in [1.82, 2.24) is 0 Å². The molecule has 0 unspecified atom stereocenters. The Morgan fingerprint density at radius 1 is 1.29 bits per heavy atom. The van der Waals surface area contributed by atoms with Crippen molar-refractivity contribution in [3.8, 4) is 0 Å². The number of carbonyl (C=O) groups is 2. The van der Waals surface area contributed by atoms with Gasteiger partial charge in [0.1, 0.15) is 5.17 Å². The van der Waals surface area contributed by atoms with Crippen LogP contribution in [0.5, 0.6) is 0 Å². The summed E-state index contributed by atoms with van der Waals surface area (Å²) < 4.78 is 4.85. The van der Waals surface area contributed by atoms with Crippen molar-refractivity contribution >= 4 is 34.5 Å². The summed E-state index contributed by atoms with van der Waals surface area (Å²) >= 11 is 5.74. The number of amides is 1. The van der Waals surface area contributed by atoms with Gasteiger partial charge in [0.15, 0.2) is 0 Å². The molecule has 21 heavy (non-hydrogen) atoms. The van der Waals surface area contributed by atoms with Crippen LogP contribution in [-0.2, 0) is 9.57 Å². The molecule has 0 aromatic heterocycles. The molecule has 1 N–H and O–H groups in total. The molecule has 1 aromatic carbocycles. The molecule has 1 aromatic rings. The van der Waals surface area contributed by atoms with E-state index in [9.17, 15) is 9.59 Å². The summed E-state index contributed by atoms with van der Waals surface area (Å²) in [4.78, 5) is 27.5. The molecule has 0 atom stereocenters. The molecule has 0 aliphatic carbocycles. The molecule has 1 amide bonds. The van der Waals surface area contributed by atoms with Crippen molar-refractivity contribution in [1.29, 1.82) is 0 Å². The largest absolute Gasteiger partial charge is 0.462 e. The fourth-order valence-corrected chi connectivity index (χ4v) is 1.27. The maximum Gasteiger partial charge on any atom is 0.437 e. The smallest absolute Gasteiger partial charge is 0.437 e. The average Bonchev–Trinajstić information content (AvgIpc) is 2.45.